The second-order valence-corrected chi connectivity index (χ2v) is 2.33. The summed E-state index contributed by atoms with van der Waals surface area (Å²) in [4.78, 5) is 9.63. The zero-order chi connectivity index (χ0) is 7.56. The van der Waals surface area contributed by atoms with Crippen molar-refractivity contribution in [3.63, 3.8) is 0 Å². The Kier molecular flexibility index (Phi) is 2.01. The minimum absolute atomic E-state index is 0.0359. The maximum atomic E-state index is 10.1. The SMILES string of the molecule is O=[N+]([O-])C1=CCCC[C@H]1O. The molecule has 1 atom stereocenters. The van der Waals surface area contributed by atoms with Gasteiger partial charge in [0.15, 0.2) is 0 Å². The van der Waals surface area contributed by atoms with Gasteiger partial charge in [-0.25, -0.2) is 0 Å². The van der Waals surface area contributed by atoms with E-state index in [1.165, 1.54) is 6.08 Å². The molecule has 0 aliphatic heterocycles. The molecule has 0 heterocycles. The zero-order valence-corrected chi connectivity index (χ0v) is 5.49. The highest BCUT2D eigenvalue weighted by atomic mass is 16.6. The fourth-order valence-corrected chi connectivity index (χ4v) is 1.04. The fourth-order valence-electron chi connectivity index (χ4n) is 1.04. The van der Waals surface area contributed by atoms with Gasteiger partial charge in [0.25, 0.3) is 5.70 Å². The molecule has 0 unspecified atom stereocenters. The van der Waals surface area contributed by atoms with Gasteiger partial charge in [0.1, 0.15) is 6.10 Å². The van der Waals surface area contributed by atoms with Crippen molar-refractivity contribution >= 4 is 0 Å². The molecule has 1 aliphatic carbocycles. The summed E-state index contributed by atoms with van der Waals surface area (Å²) < 4.78 is 0. The molecular weight excluding hydrogens is 134 g/mol. The molecule has 4 heteroatoms. The number of hydrogen-bond donors (Lipinski definition) is 1. The highest BCUT2D eigenvalue weighted by Crippen LogP contribution is 2.17. The highest BCUT2D eigenvalue weighted by Gasteiger charge is 2.23. The Morgan fingerprint density at radius 2 is 2.50 bits per heavy atom. The van der Waals surface area contributed by atoms with Gasteiger partial charge in [-0.05, 0) is 25.3 Å². The van der Waals surface area contributed by atoms with E-state index in [4.69, 9.17) is 5.11 Å². The van der Waals surface area contributed by atoms with Crippen molar-refractivity contribution in [2.24, 2.45) is 0 Å². The van der Waals surface area contributed by atoms with Gasteiger partial charge in [-0.15, -0.1) is 0 Å². The van der Waals surface area contributed by atoms with E-state index in [1.54, 1.807) is 0 Å². The Morgan fingerprint density at radius 1 is 1.80 bits per heavy atom. The summed E-state index contributed by atoms with van der Waals surface area (Å²) in [5.41, 5.74) is -0.0359. The summed E-state index contributed by atoms with van der Waals surface area (Å²) in [5, 5.41) is 19.2. The summed E-state index contributed by atoms with van der Waals surface area (Å²) in [6, 6.07) is 0. The fraction of sp³-hybridized carbons (Fsp3) is 0.667. The number of allylic oxidation sites excluding steroid dienone is 1. The van der Waals surface area contributed by atoms with E-state index in [1.807, 2.05) is 0 Å². The van der Waals surface area contributed by atoms with E-state index in [0.717, 1.165) is 6.42 Å². The zero-order valence-electron chi connectivity index (χ0n) is 5.49. The number of nitro groups is 1. The van der Waals surface area contributed by atoms with Crippen LogP contribution < -0.4 is 0 Å². The first-order valence-corrected chi connectivity index (χ1v) is 3.24. The molecule has 1 aliphatic rings. The van der Waals surface area contributed by atoms with Crippen LogP contribution in [0.15, 0.2) is 11.8 Å². The average Bonchev–Trinajstić information content (AvgIpc) is 1.88. The second-order valence-electron chi connectivity index (χ2n) is 2.33. The molecule has 56 valence electrons. The van der Waals surface area contributed by atoms with Crippen LogP contribution in [0.1, 0.15) is 19.3 Å². The normalized spacial score (nSPS) is 25.7. The van der Waals surface area contributed by atoms with Gasteiger partial charge in [0.2, 0.25) is 0 Å². The van der Waals surface area contributed by atoms with E-state index in [2.05, 4.69) is 0 Å². The molecular formula is C6H9NO3. The Hall–Kier alpha value is -0.900. The van der Waals surface area contributed by atoms with Crippen LogP contribution in [-0.4, -0.2) is 16.1 Å². The van der Waals surface area contributed by atoms with E-state index in [0.29, 0.717) is 12.8 Å². The summed E-state index contributed by atoms with van der Waals surface area (Å²) in [6.07, 6.45) is 2.73. The topological polar surface area (TPSA) is 63.4 Å². The standard InChI is InChI=1S/C6H9NO3/c8-6-4-2-1-3-5(6)7(9)10/h3,6,8H,1-2,4H2/t6-/m1/s1. The Morgan fingerprint density at radius 3 is 2.90 bits per heavy atom. The molecule has 0 bridgehead atoms. The molecule has 1 N–H and O–H groups in total. The number of aliphatic hydroxyl groups is 1. The summed E-state index contributed by atoms with van der Waals surface area (Å²) >= 11 is 0. The Labute approximate surface area is 58.3 Å². The predicted octanol–water partition coefficient (Wildman–Crippen LogP) is 0.692. The van der Waals surface area contributed by atoms with Crippen LogP contribution in [0.5, 0.6) is 0 Å². The van der Waals surface area contributed by atoms with Crippen LogP contribution >= 0.6 is 0 Å². The van der Waals surface area contributed by atoms with Crippen LogP contribution in [0.3, 0.4) is 0 Å². The molecule has 0 fully saturated rings. The van der Waals surface area contributed by atoms with Crippen LogP contribution in [-0.2, 0) is 0 Å². The van der Waals surface area contributed by atoms with Crippen LogP contribution in [0.25, 0.3) is 0 Å². The molecule has 0 aromatic carbocycles. The third kappa shape index (κ3) is 1.33. The number of aliphatic hydroxyl groups excluding tert-OH is 1. The van der Waals surface area contributed by atoms with Crippen LogP contribution in [0, 0.1) is 10.1 Å². The molecule has 4 nitrogen and oxygen atoms in total. The lowest BCUT2D eigenvalue weighted by molar-refractivity contribution is -0.437. The lowest BCUT2D eigenvalue weighted by Gasteiger charge is -2.10. The molecule has 1 rings (SSSR count). The Balaban J connectivity index is 2.71. The molecule has 0 saturated carbocycles. The molecule has 0 saturated heterocycles. The predicted molar refractivity (Wildman–Crippen MR) is 34.9 cm³/mol. The minimum atomic E-state index is -0.844. The average molecular weight is 143 g/mol. The van der Waals surface area contributed by atoms with Gasteiger partial charge in [-0.3, -0.25) is 10.1 Å². The smallest absolute Gasteiger partial charge is 0.270 e. The van der Waals surface area contributed by atoms with E-state index < -0.39 is 11.0 Å². The Bertz CT molecular complexity index is 176. The molecule has 0 spiro atoms. The van der Waals surface area contributed by atoms with Gasteiger partial charge in [-0.1, -0.05) is 0 Å². The van der Waals surface area contributed by atoms with Crippen molar-refractivity contribution < 1.29 is 10.0 Å². The number of rotatable bonds is 1. The molecule has 10 heavy (non-hydrogen) atoms. The van der Waals surface area contributed by atoms with Crippen molar-refractivity contribution in [1.29, 1.82) is 0 Å². The molecule has 0 radical (unpaired) electrons. The van der Waals surface area contributed by atoms with Crippen molar-refractivity contribution in [2.45, 2.75) is 25.4 Å². The third-order valence-electron chi connectivity index (χ3n) is 1.59. The van der Waals surface area contributed by atoms with E-state index in [9.17, 15) is 10.1 Å². The second kappa shape index (κ2) is 2.79. The van der Waals surface area contributed by atoms with Gasteiger partial charge < -0.3 is 5.11 Å². The first-order chi connectivity index (χ1) is 4.72. The maximum absolute atomic E-state index is 10.1. The van der Waals surface area contributed by atoms with Gasteiger partial charge in [-0.2, -0.15) is 0 Å². The third-order valence-corrected chi connectivity index (χ3v) is 1.59. The molecule has 0 aromatic heterocycles. The van der Waals surface area contributed by atoms with Crippen molar-refractivity contribution in [2.75, 3.05) is 0 Å². The summed E-state index contributed by atoms with van der Waals surface area (Å²) in [5.74, 6) is 0. The van der Waals surface area contributed by atoms with Gasteiger partial charge >= 0.3 is 0 Å². The summed E-state index contributed by atoms with van der Waals surface area (Å²) in [7, 11) is 0. The van der Waals surface area contributed by atoms with E-state index in [-0.39, 0.29) is 5.70 Å². The lowest BCUT2D eigenvalue weighted by Crippen LogP contribution is -2.19. The molecule has 0 aromatic rings. The highest BCUT2D eigenvalue weighted by molar-refractivity contribution is 5.01. The minimum Gasteiger partial charge on any atom is -0.382 e. The van der Waals surface area contributed by atoms with E-state index >= 15 is 0 Å². The largest absolute Gasteiger partial charge is 0.382 e. The molecule has 0 amide bonds. The number of hydrogen-bond acceptors (Lipinski definition) is 3. The van der Waals surface area contributed by atoms with Crippen LogP contribution in [0.2, 0.25) is 0 Å². The number of nitrogens with zero attached hydrogens (tertiary/aromatic N) is 1. The van der Waals surface area contributed by atoms with Crippen molar-refractivity contribution in [3.8, 4) is 0 Å². The van der Waals surface area contributed by atoms with Gasteiger partial charge in [0, 0.05) is 0 Å². The first kappa shape index (κ1) is 7.21. The quantitative estimate of drug-likeness (QED) is 0.434. The first-order valence-electron chi connectivity index (χ1n) is 3.24. The van der Waals surface area contributed by atoms with Crippen molar-refractivity contribution in [1.82, 2.24) is 0 Å². The van der Waals surface area contributed by atoms with Crippen molar-refractivity contribution in [3.05, 3.63) is 21.9 Å². The van der Waals surface area contributed by atoms with Gasteiger partial charge in [0.05, 0.1) is 4.92 Å². The maximum Gasteiger partial charge on any atom is 0.270 e. The lowest BCUT2D eigenvalue weighted by atomic mass is 10.0. The van der Waals surface area contributed by atoms with Crippen LogP contribution in [0.4, 0.5) is 0 Å². The summed E-state index contributed by atoms with van der Waals surface area (Å²) in [6.45, 7) is 0. The monoisotopic (exact) mass is 143 g/mol.